The zero-order valence-corrected chi connectivity index (χ0v) is 6.89. The third kappa shape index (κ3) is 22.6. The minimum atomic E-state index is -5.12. The molecular weight excluding hydrogens is 224 g/mol. The standard InChI is InChI=1S/H2O7S2.3H2O/c1-8(2,3)7-9(4,5)6;;;/h(H,1,2,3)(H,4,5,6);3*1H2. The van der Waals surface area contributed by atoms with E-state index < -0.39 is 20.8 Å². The van der Waals surface area contributed by atoms with Crippen LogP contribution in [-0.2, 0) is 24.4 Å². The van der Waals surface area contributed by atoms with Crippen molar-refractivity contribution in [3.8, 4) is 0 Å². The van der Waals surface area contributed by atoms with Gasteiger partial charge in [-0.25, -0.2) is 0 Å². The molecule has 0 amide bonds. The molecule has 12 heavy (non-hydrogen) atoms. The van der Waals surface area contributed by atoms with Crippen molar-refractivity contribution >= 4 is 20.8 Å². The molecule has 12 heteroatoms. The Balaban J connectivity index is -0.000000107. The number of hydrogen-bond acceptors (Lipinski definition) is 5. The molecule has 8 N–H and O–H groups in total. The van der Waals surface area contributed by atoms with Crippen molar-refractivity contribution in [2.75, 3.05) is 0 Å². The van der Waals surface area contributed by atoms with Crippen LogP contribution in [0.5, 0.6) is 0 Å². The quantitative estimate of drug-likeness (QED) is 0.451. The van der Waals surface area contributed by atoms with Crippen LogP contribution in [0.25, 0.3) is 0 Å². The lowest BCUT2D eigenvalue weighted by atomic mass is 15.8. The first-order valence-electron chi connectivity index (χ1n) is 1.37. The highest BCUT2D eigenvalue weighted by atomic mass is 32.3. The van der Waals surface area contributed by atoms with Crippen LogP contribution in [0.2, 0.25) is 0 Å². The van der Waals surface area contributed by atoms with Gasteiger partial charge in [0.15, 0.2) is 0 Å². The first kappa shape index (κ1) is 22.6. The summed E-state index contributed by atoms with van der Waals surface area (Å²) in [6.45, 7) is 0. The Morgan fingerprint density at radius 3 is 0.917 bits per heavy atom. The smallest absolute Gasteiger partial charge is 0.412 e. The third-order valence-electron chi connectivity index (χ3n) is 0.172. The van der Waals surface area contributed by atoms with Crippen molar-refractivity contribution in [1.82, 2.24) is 0 Å². The molecule has 0 aromatic heterocycles. The molecule has 0 spiro atoms. The molecule has 0 unspecified atom stereocenters. The van der Waals surface area contributed by atoms with Gasteiger partial charge in [0, 0.05) is 0 Å². The molecule has 0 heterocycles. The first-order valence-corrected chi connectivity index (χ1v) is 4.10. The van der Waals surface area contributed by atoms with Crippen LogP contribution in [0.1, 0.15) is 0 Å². The minimum absolute atomic E-state index is 0. The van der Waals surface area contributed by atoms with Gasteiger partial charge in [0.05, 0.1) is 0 Å². The predicted molar refractivity (Wildman–Crippen MR) is 35.0 cm³/mol. The van der Waals surface area contributed by atoms with Crippen LogP contribution < -0.4 is 0 Å². The zero-order chi connectivity index (χ0) is 7.71. The molecule has 0 saturated carbocycles. The van der Waals surface area contributed by atoms with E-state index in [9.17, 15) is 16.8 Å². The summed E-state index contributed by atoms with van der Waals surface area (Å²) in [5.74, 6) is 0. The second-order valence-corrected chi connectivity index (χ2v) is 3.18. The SMILES string of the molecule is O.O.O.O=S(=O)(O)OS(=O)(=O)O. The van der Waals surface area contributed by atoms with E-state index in [-0.39, 0.29) is 16.4 Å². The summed E-state index contributed by atoms with van der Waals surface area (Å²) in [6.07, 6.45) is 0. The molecule has 0 rings (SSSR count). The lowest BCUT2D eigenvalue weighted by molar-refractivity contribution is 0.344. The summed E-state index contributed by atoms with van der Waals surface area (Å²) in [6, 6.07) is 0. The van der Waals surface area contributed by atoms with E-state index in [4.69, 9.17) is 9.11 Å². The molecule has 0 aromatic rings. The second-order valence-electron chi connectivity index (χ2n) is 0.924. The molecule has 0 fully saturated rings. The van der Waals surface area contributed by atoms with Crippen LogP contribution >= 0.6 is 0 Å². The van der Waals surface area contributed by atoms with Crippen molar-refractivity contribution in [2.24, 2.45) is 0 Å². The fourth-order valence-corrected chi connectivity index (χ4v) is 0.978. The fourth-order valence-electron chi connectivity index (χ4n) is 0.109. The number of hydrogen-bond donors (Lipinski definition) is 2. The van der Waals surface area contributed by atoms with Crippen molar-refractivity contribution < 1.29 is 46.0 Å². The summed E-state index contributed by atoms with van der Waals surface area (Å²) < 4.78 is 55.6. The average molecular weight is 232 g/mol. The Morgan fingerprint density at radius 1 is 0.750 bits per heavy atom. The van der Waals surface area contributed by atoms with Gasteiger partial charge in [-0.2, -0.15) is 16.8 Å². The molecular formula is H8O10S2. The molecule has 10 nitrogen and oxygen atoms in total. The average Bonchev–Trinajstić information content (AvgIpc) is 1.14. The molecule has 0 aromatic carbocycles. The van der Waals surface area contributed by atoms with Gasteiger partial charge in [0.25, 0.3) is 0 Å². The molecule has 0 bridgehead atoms. The van der Waals surface area contributed by atoms with Gasteiger partial charge < -0.3 is 16.4 Å². The Bertz CT molecular complexity index is 233. The van der Waals surface area contributed by atoms with Gasteiger partial charge in [-0.1, -0.05) is 0 Å². The topological polar surface area (TPSA) is 212 Å². The van der Waals surface area contributed by atoms with Crippen LogP contribution in [0.4, 0.5) is 0 Å². The maximum atomic E-state index is 9.44. The second kappa shape index (κ2) is 6.21. The highest BCUT2D eigenvalue weighted by Gasteiger charge is 2.15. The maximum Gasteiger partial charge on any atom is 0.413 e. The van der Waals surface area contributed by atoms with Crippen molar-refractivity contribution in [1.29, 1.82) is 0 Å². The third-order valence-corrected chi connectivity index (χ3v) is 1.55. The van der Waals surface area contributed by atoms with Gasteiger partial charge in [0.2, 0.25) is 0 Å². The Morgan fingerprint density at radius 2 is 0.917 bits per heavy atom. The molecule has 0 aliphatic rings. The summed E-state index contributed by atoms with van der Waals surface area (Å²) >= 11 is 0. The van der Waals surface area contributed by atoms with E-state index in [1.165, 1.54) is 0 Å². The van der Waals surface area contributed by atoms with Crippen LogP contribution in [0.15, 0.2) is 0 Å². The Labute approximate surface area is 67.6 Å². The molecule has 0 atom stereocenters. The van der Waals surface area contributed by atoms with Gasteiger partial charge in [-0.15, -0.1) is 3.63 Å². The predicted octanol–water partition coefficient (Wildman–Crippen LogP) is -3.87. The minimum Gasteiger partial charge on any atom is -0.412 e. The van der Waals surface area contributed by atoms with Crippen molar-refractivity contribution in [2.45, 2.75) is 0 Å². The molecule has 0 saturated heterocycles. The summed E-state index contributed by atoms with van der Waals surface area (Å²) in [4.78, 5) is 0. The zero-order valence-electron chi connectivity index (χ0n) is 5.25. The van der Waals surface area contributed by atoms with E-state index in [2.05, 4.69) is 3.63 Å². The molecule has 80 valence electrons. The van der Waals surface area contributed by atoms with Gasteiger partial charge in [-0.3, -0.25) is 9.11 Å². The van der Waals surface area contributed by atoms with Gasteiger partial charge >= 0.3 is 20.8 Å². The lowest BCUT2D eigenvalue weighted by Crippen LogP contribution is -2.10. The van der Waals surface area contributed by atoms with E-state index in [1.807, 2.05) is 0 Å². The van der Waals surface area contributed by atoms with E-state index >= 15 is 0 Å². The van der Waals surface area contributed by atoms with E-state index in [0.717, 1.165) is 0 Å². The van der Waals surface area contributed by atoms with Crippen molar-refractivity contribution in [3.63, 3.8) is 0 Å². The lowest BCUT2D eigenvalue weighted by Gasteiger charge is -1.89. The van der Waals surface area contributed by atoms with Gasteiger partial charge in [-0.05, 0) is 0 Å². The summed E-state index contributed by atoms with van der Waals surface area (Å²) in [5.41, 5.74) is 0. The van der Waals surface area contributed by atoms with E-state index in [0.29, 0.717) is 0 Å². The molecule has 0 aliphatic carbocycles. The number of rotatable bonds is 2. The Hall–Kier alpha value is -0.340. The largest absolute Gasteiger partial charge is 0.413 e. The highest BCUT2D eigenvalue weighted by Crippen LogP contribution is 1.91. The Kier molecular flexibility index (Phi) is 11.7. The highest BCUT2D eigenvalue weighted by molar-refractivity contribution is 7.94. The van der Waals surface area contributed by atoms with Gasteiger partial charge in [0.1, 0.15) is 0 Å². The monoisotopic (exact) mass is 232 g/mol. The van der Waals surface area contributed by atoms with Crippen LogP contribution in [-0.4, -0.2) is 42.4 Å². The summed E-state index contributed by atoms with van der Waals surface area (Å²) in [5, 5.41) is 0. The summed E-state index contributed by atoms with van der Waals surface area (Å²) in [7, 11) is -10.2. The first-order chi connectivity index (χ1) is 3.71. The normalized spacial score (nSPS) is 10.2. The molecule has 0 aliphatic heterocycles. The maximum absolute atomic E-state index is 9.44. The van der Waals surface area contributed by atoms with Crippen molar-refractivity contribution in [3.05, 3.63) is 0 Å². The van der Waals surface area contributed by atoms with E-state index in [1.54, 1.807) is 0 Å². The van der Waals surface area contributed by atoms with Crippen LogP contribution in [0.3, 0.4) is 0 Å². The molecule has 0 radical (unpaired) electrons. The fraction of sp³-hybridized carbons (Fsp3) is 0. The van der Waals surface area contributed by atoms with Crippen LogP contribution in [0, 0.1) is 0 Å².